The highest BCUT2D eigenvalue weighted by Gasteiger charge is 2.18. The van der Waals surface area contributed by atoms with Gasteiger partial charge in [-0.25, -0.2) is 0 Å². The number of rotatable bonds is 5. The number of allylic oxidation sites excluding steroid dienone is 2. The summed E-state index contributed by atoms with van der Waals surface area (Å²) in [6.07, 6.45) is 1.64. The highest BCUT2D eigenvalue weighted by molar-refractivity contribution is 6.30. The van der Waals surface area contributed by atoms with Crippen LogP contribution in [0.1, 0.15) is 17.3 Å². The lowest BCUT2D eigenvalue weighted by molar-refractivity contribution is 0.104. The van der Waals surface area contributed by atoms with Gasteiger partial charge in [0.2, 0.25) is 0 Å². The summed E-state index contributed by atoms with van der Waals surface area (Å²) in [7, 11) is 0. The molecule has 138 valence electrons. The minimum atomic E-state index is -0.0460. The average Bonchev–Trinajstić information content (AvgIpc) is 3.10. The zero-order valence-electron chi connectivity index (χ0n) is 15.4. The van der Waals surface area contributed by atoms with Crippen LogP contribution in [0.3, 0.4) is 0 Å². The number of aromatic nitrogens is 1. The lowest BCUT2D eigenvalue weighted by Crippen LogP contribution is -2.02. The molecule has 2 N–H and O–H groups in total. The zero-order valence-corrected chi connectivity index (χ0v) is 16.1. The van der Waals surface area contributed by atoms with Gasteiger partial charge in [-0.1, -0.05) is 60.1 Å². The number of carbonyl (C=O) groups is 1. The maximum Gasteiger partial charge on any atom is 0.190 e. The van der Waals surface area contributed by atoms with Crippen molar-refractivity contribution in [2.45, 2.75) is 6.92 Å². The molecule has 0 amide bonds. The fraction of sp³-hybridized carbons (Fsp3) is 0.0417. The fourth-order valence-electron chi connectivity index (χ4n) is 3.29. The molecule has 28 heavy (non-hydrogen) atoms. The van der Waals surface area contributed by atoms with Crippen LogP contribution in [0.4, 0.5) is 5.69 Å². The van der Waals surface area contributed by atoms with Gasteiger partial charge in [0, 0.05) is 33.4 Å². The van der Waals surface area contributed by atoms with Crippen molar-refractivity contribution in [2.75, 3.05) is 5.32 Å². The number of aromatic amines is 1. The number of ketones is 1. The van der Waals surface area contributed by atoms with Gasteiger partial charge in [0.15, 0.2) is 5.78 Å². The van der Waals surface area contributed by atoms with Crippen molar-refractivity contribution < 1.29 is 4.79 Å². The van der Waals surface area contributed by atoms with Gasteiger partial charge >= 0.3 is 0 Å². The third-order valence-electron chi connectivity index (χ3n) is 4.55. The molecular formula is C24H19ClN2O. The smallest absolute Gasteiger partial charge is 0.190 e. The molecule has 0 unspecified atom stereocenters. The molecule has 0 spiro atoms. The number of halogens is 1. The normalized spacial score (nSPS) is 11.6. The van der Waals surface area contributed by atoms with Gasteiger partial charge in [-0.2, -0.15) is 0 Å². The number of H-pyrrole nitrogens is 1. The first-order valence-electron chi connectivity index (χ1n) is 9.03. The Hall–Kier alpha value is -3.30. The van der Waals surface area contributed by atoms with Crippen LogP contribution in [0.15, 0.2) is 90.6 Å². The van der Waals surface area contributed by atoms with Gasteiger partial charge in [0.05, 0.1) is 11.3 Å². The van der Waals surface area contributed by atoms with E-state index in [0.29, 0.717) is 10.6 Å². The largest absolute Gasteiger partial charge is 0.359 e. The maximum atomic E-state index is 13.2. The number of hydrogen-bond acceptors (Lipinski definition) is 2. The van der Waals surface area contributed by atoms with E-state index in [0.717, 1.165) is 33.5 Å². The monoisotopic (exact) mass is 386 g/mol. The molecule has 0 bridgehead atoms. The number of benzene rings is 3. The Labute approximate surface area is 168 Å². The second-order valence-corrected chi connectivity index (χ2v) is 7.05. The van der Waals surface area contributed by atoms with Crippen molar-refractivity contribution in [3.05, 3.63) is 101 Å². The molecule has 1 aromatic heterocycles. The predicted molar refractivity (Wildman–Crippen MR) is 117 cm³/mol. The van der Waals surface area contributed by atoms with Crippen molar-refractivity contribution in [2.24, 2.45) is 0 Å². The Morgan fingerprint density at radius 2 is 1.61 bits per heavy atom. The number of anilines is 1. The minimum absolute atomic E-state index is 0.0460. The van der Waals surface area contributed by atoms with Gasteiger partial charge in [0.1, 0.15) is 0 Å². The SMILES string of the molecule is C/C(=C/C(=O)c1c(-c2ccccc2)[nH]c2ccccc12)Nc1ccc(Cl)cc1. The molecular weight excluding hydrogens is 368 g/mol. The van der Waals surface area contributed by atoms with Crippen molar-refractivity contribution in [3.8, 4) is 11.3 Å². The summed E-state index contributed by atoms with van der Waals surface area (Å²) >= 11 is 5.93. The van der Waals surface area contributed by atoms with E-state index in [-0.39, 0.29) is 5.78 Å². The number of para-hydroxylation sites is 1. The van der Waals surface area contributed by atoms with E-state index >= 15 is 0 Å². The van der Waals surface area contributed by atoms with E-state index < -0.39 is 0 Å². The summed E-state index contributed by atoms with van der Waals surface area (Å²) in [5.74, 6) is -0.0460. The Kier molecular flexibility index (Phi) is 5.00. The maximum absolute atomic E-state index is 13.2. The van der Waals surface area contributed by atoms with Gasteiger partial charge in [-0.05, 0) is 42.8 Å². The van der Waals surface area contributed by atoms with E-state index in [9.17, 15) is 4.79 Å². The van der Waals surface area contributed by atoms with E-state index in [1.54, 1.807) is 6.08 Å². The Balaban J connectivity index is 1.73. The molecule has 0 fully saturated rings. The molecule has 0 atom stereocenters. The van der Waals surface area contributed by atoms with Crippen LogP contribution < -0.4 is 5.32 Å². The summed E-state index contributed by atoms with van der Waals surface area (Å²) in [6.45, 7) is 1.88. The summed E-state index contributed by atoms with van der Waals surface area (Å²) in [5.41, 5.74) is 5.09. The molecule has 4 rings (SSSR count). The van der Waals surface area contributed by atoms with Crippen LogP contribution in [0.25, 0.3) is 22.2 Å². The van der Waals surface area contributed by atoms with Crippen molar-refractivity contribution in [1.82, 2.24) is 4.98 Å². The highest BCUT2D eigenvalue weighted by Crippen LogP contribution is 2.31. The lowest BCUT2D eigenvalue weighted by atomic mass is 10.0. The van der Waals surface area contributed by atoms with Crippen LogP contribution in [-0.4, -0.2) is 10.8 Å². The molecule has 3 aromatic carbocycles. The molecule has 0 aliphatic heterocycles. The van der Waals surface area contributed by atoms with Gasteiger partial charge in [-0.15, -0.1) is 0 Å². The van der Waals surface area contributed by atoms with Crippen LogP contribution in [0.5, 0.6) is 0 Å². The Bertz CT molecular complexity index is 1160. The fourth-order valence-corrected chi connectivity index (χ4v) is 3.41. The first-order valence-corrected chi connectivity index (χ1v) is 9.41. The number of carbonyl (C=O) groups excluding carboxylic acids is 1. The topological polar surface area (TPSA) is 44.9 Å². The number of hydrogen-bond donors (Lipinski definition) is 2. The average molecular weight is 387 g/mol. The summed E-state index contributed by atoms with van der Waals surface area (Å²) in [5, 5.41) is 4.83. The van der Waals surface area contributed by atoms with Gasteiger partial charge < -0.3 is 10.3 Å². The van der Waals surface area contributed by atoms with Gasteiger partial charge in [0.25, 0.3) is 0 Å². The first-order chi connectivity index (χ1) is 13.6. The predicted octanol–water partition coefficient (Wildman–Crippen LogP) is 6.69. The number of nitrogens with one attached hydrogen (secondary N) is 2. The van der Waals surface area contributed by atoms with Gasteiger partial charge in [-0.3, -0.25) is 4.79 Å². The standard InChI is InChI=1S/C24H19ClN2O/c1-16(26-19-13-11-18(25)12-14-19)15-22(28)23-20-9-5-6-10-21(20)27-24(23)17-7-3-2-4-8-17/h2-15,26-27H,1H3/b16-15-. The van der Waals surface area contributed by atoms with Crippen molar-refractivity contribution >= 4 is 34.0 Å². The van der Waals surface area contributed by atoms with Crippen LogP contribution in [0.2, 0.25) is 5.02 Å². The molecule has 0 radical (unpaired) electrons. The van der Waals surface area contributed by atoms with Crippen LogP contribution in [0, 0.1) is 0 Å². The van der Waals surface area contributed by atoms with Crippen LogP contribution >= 0.6 is 11.6 Å². The molecule has 0 saturated heterocycles. The molecule has 3 nitrogen and oxygen atoms in total. The third kappa shape index (κ3) is 3.71. The lowest BCUT2D eigenvalue weighted by Gasteiger charge is -2.07. The highest BCUT2D eigenvalue weighted by atomic mass is 35.5. The van der Waals surface area contributed by atoms with Crippen molar-refractivity contribution in [1.29, 1.82) is 0 Å². The second kappa shape index (κ2) is 7.75. The van der Waals surface area contributed by atoms with E-state index in [1.165, 1.54) is 0 Å². The Morgan fingerprint density at radius 1 is 0.929 bits per heavy atom. The molecule has 1 heterocycles. The molecule has 4 aromatic rings. The zero-order chi connectivity index (χ0) is 19.5. The minimum Gasteiger partial charge on any atom is -0.359 e. The molecule has 0 aliphatic rings. The third-order valence-corrected chi connectivity index (χ3v) is 4.80. The summed E-state index contributed by atoms with van der Waals surface area (Å²) in [6, 6.07) is 25.2. The first kappa shape index (κ1) is 18.1. The molecule has 4 heteroatoms. The molecule has 0 aliphatic carbocycles. The number of fused-ring (bicyclic) bond motifs is 1. The summed E-state index contributed by atoms with van der Waals surface area (Å²) < 4.78 is 0. The second-order valence-electron chi connectivity index (χ2n) is 6.61. The Morgan fingerprint density at radius 3 is 2.36 bits per heavy atom. The van der Waals surface area contributed by atoms with E-state index in [1.807, 2.05) is 85.8 Å². The van der Waals surface area contributed by atoms with E-state index in [4.69, 9.17) is 11.6 Å². The molecule has 0 saturated carbocycles. The summed E-state index contributed by atoms with van der Waals surface area (Å²) in [4.78, 5) is 16.6. The quantitative estimate of drug-likeness (QED) is 0.296. The van der Waals surface area contributed by atoms with E-state index in [2.05, 4.69) is 10.3 Å². The van der Waals surface area contributed by atoms with Crippen molar-refractivity contribution in [3.63, 3.8) is 0 Å². The van der Waals surface area contributed by atoms with Crippen LogP contribution in [-0.2, 0) is 0 Å².